The number of piperidine rings is 1. The van der Waals surface area contributed by atoms with Gasteiger partial charge in [0.25, 0.3) is 0 Å². The summed E-state index contributed by atoms with van der Waals surface area (Å²) in [6, 6.07) is 13.8. The quantitative estimate of drug-likeness (QED) is 0.808. The van der Waals surface area contributed by atoms with Crippen molar-refractivity contribution in [3.63, 3.8) is 0 Å². The molecule has 1 saturated heterocycles. The van der Waals surface area contributed by atoms with Gasteiger partial charge in [0.1, 0.15) is 12.4 Å². The largest absolute Gasteiger partial charge is 0.372 e. The first-order chi connectivity index (χ1) is 13.9. The van der Waals surface area contributed by atoms with Crippen molar-refractivity contribution in [3.8, 4) is 0 Å². The molecule has 2 aromatic carbocycles. The predicted molar refractivity (Wildman–Crippen MR) is 113 cm³/mol. The van der Waals surface area contributed by atoms with Crippen LogP contribution in [0.4, 0.5) is 15.8 Å². The maximum absolute atomic E-state index is 13.0. The number of carbonyl (C=O) groups excluding carboxylic acids is 2. The van der Waals surface area contributed by atoms with Crippen LogP contribution in [0.5, 0.6) is 0 Å². The lowest BCUT2D eigenvalue weighted by molar-refractivity contribution is -0.123. The van der Waals surface area contributed by atoms with Gasteiger partial charge >= 0.3 is 0 Å². The van der Waals surface area contributed by atoms with Crippen molar-refractivity contribution >= 4 is 23.2 Å². The number of amides is 2. The predicted octanol–water partition coefficient (Wildman–Crippen LogP) is 3.73. The van der Waals surface area contributed by atoms with Crippen LogP contribution in [0, 0.1) is 11.7 Å². The Morgan fingerprint density at radius 3 is 2.28 bits per heavy atom. The normalized spacial score (nSPS) is 14.5. The summed E-state index contributed by atoms with van der Waals surface area (Å²) in [4.78, 5) is 28.3. The summed E-state index contributed by atoms with van der Waals surface area (Å²) < 4.78 is 13.0. The molecule has 2 aromatic rings. The smallest absolute Gasteiger partial charge is 0.240 e. The Morgan fingerprint density at radius 2 is 1.69 bits per heavy atom. The van der Waals surface area contributed by atoms with Gasteiger partial charge in [-0.25, -0.2) is 4.39 Å². The monoisotopic (exact) mass is 397 g/mol. The number of halogens is 1. The lowest BCUT2D eigenvalue weighted by Gasteiger charge is -2.32. The molecule has 1 aliphatic heterocycles. The van der Waals surface area contributed by atoms with Crippen LogP contribution >= 0.6 is 0 Å². The average molecular weight is 397 g/mol. The fraction of sp³-hybridized carbons (Fsp3) is 0.391. The van der Waals surface area contributed by atoms with Crippen LogP contribution in [-0.2, 0) is 16.1 Å². The van der Waals surface area contributed by atoms with Crippen LogP contribution in [0.3, 0.4) is 0 Å². The van der Waals surface area contributed by atoms with E-state index in [2.05, 4.69) is 17.1 Å². The number of hydrogen-bond acceptors (Lipinski definition) is 3. The summed E-state index contributed by atoms with van der Waals surface area (Å²) in [5.74, 6) is -0.00223. The molecule has 1 aliphatic rings. The molecule has 0 aliphatic carbocycles. The van der Waals surface area contributed by atoms with Crippen molar-refractivity contribution in [3.05, 3.63) is 59.9 Å². The zero-order valence-electron chi connectivity index (χ0n) is 17.0. The van der Waals surface area contributed by atoms with Crippen molar-refractivity contribution < 1.29 is 14.0 Å². The van der Waals surface area contributed by atoms with Gasteiger partial charge in [0.2, 0.25) is 11.8 Å². The maximum atomic E-state index is 13.0. The highest BCUT2D eigenvalue weighted by Gasteiger charge is 2.18. The first kappa shape index (κ1) is 20.8. The van der Waals surface area contributed by atoms with E-state index in [4.69, 9.17) is 0 Å². The molecule has 0 bridgehead atoms. The molecule has 0 spiro atoms. The molecule has 0 aromatic heterocycles. The van der Waals surface area contributed by atoms with E-state index in [1.54, 1.807) is 12.1 Å². The molecule has 1 heterocycles. The van der Waals surface area contributed by atoms with Gasteiger partial charge in [-0.05, 0) is 60.7 Å². The number of nitrogens with one attached hydrogen (secondary N) is 1. The van der Waals surface area contributed by atoms with E-state index in [-0.39, 0.29) is 30.7 Å². The summed E-state index contributed by atoms with van der Waals surface area (Å²) in [6.07, 6.45) is 2.38. The number of carbonyl (C=O) groups is 2. The number of benzene rings is 2. The molecular weight excluding hydrogens is 369 g/mol. The zero-order valence-corrected chi connectivity index (χ0v) is 17.0. The molecule has 6 heteroatoms. The Hall–Kier alpha value is -2.89. The molecular formula is C23H28FN3O2. The lowest BCUT2D eigenvalue weighted by Crippen LogP contribution is -2.39. The molecule has 0 radical (unpaired) electrons. The van der Waals surface area contributed by atoms with E-state index in [1.807, 2.05) is 24.3 Å². The Labute approximate surface area is 171 Å². The molecule has 0 saturated carbocycles. The molecule has 2 amide bonds. The summed E-state index contributed by atoms with van der Waals surface area (Å²) in [7, 11) is 0. The minimum absolute atomic E-state index is 0.0584. The highest BCUT2D eigenvalue weighted by atomic mass is 19.1. The number of anilines is 2. The molecule has 1 fully saturated rings. The third kappa shape index (κ3) is 5.79. The minimum Gasteiger partial charge on any atom is -0.372 e. The maximum Gasteiger partial charge on any atom is 0.240 e. The topological polar surface area (TPSA) is 52.7 Å². The third-order valence-electron chi connectivity index (χ3n) is 5.39. The van der Waals surface area contributed by atoms with E-state index in [0.717, 1.165) is 30.3 Å². The fourth-order valence-corrected chi connectivity index (χ4v) is 3.50. The van der Waals surface area contributed by atoms with Crippen molar-refractivity contribution in [1.29, 1.82) is 0 Å². The first-order valence-electron chi connectivity index (χ1n) is 10.1. The van der Waals surface area contributed by atoms with Crippen LogP contribution in [0.25, 0.3) is 0 Å². The van der Waals surface area contributed by atoms with Gasteiger partial charge in [-0.1, -0.05) is 19.1 Å². The van der Waals surface area contributed by atoms with E-state index in [9.17, 15) is 14.0 Å². The Kier molecular flexibility index (Phi) is 6.86. The fourth-order valence-electron chi connectivity index (χ4n) is 3.50. The molecule has 5 nitrogen and oxygen atoms in total. The number of nitrogens with zero attached hydrogens (tertiary/aromatic N) is 2. The van der Waals surface area contributed by atoms with Crippen molar-refractivity contribution in [1.82, 2.24) is 5.32 Å². The highest BCUT2D eigenvalue weighted by molar-refractivity contribution is 5.97. The van der Waals surface area contributed by atoms with Crippen LogP contribution in [-0.4, -0.2) is 31.4 Å². The second kappa shape index (κ2) is 9.54. The number of rotatable bonds is 6. The van der Waals surface area contributed by atoms with Gasteiger partial charge in [-0.3, -0.25) is 9.59 Å². The van der Waals surface area contributed by atoms with Crippen molar-refractivity contribution in [2.24, 2.45) is 5.92 Å². The van der Waals surface area contributed by atoms with Gasteiger partial charge in [0.05, 0.1) is 0 Å². The minimum atomic E-state index is -0.314. The van der Waals surface area contributed by atoms with Crippen LogP contribution < -0.4 is 15.1 Å². The van der Waals surface area contributed by atoms with E-state index < -0.39 is 0 Å². The first-order valence-corrected chi connectivity index (χ1v) is 10.1. The van der Waals surface area contributed by atoms with Crippen LogP contribution in [0.15, 0.2) is 48.5 Å². The van der Waals surface area contributed by atoms with Gasteiger partial charge in [0, 0.05) is 37.9 Å². The molecule has 1 N–H and O–H groups in total. The molecule has 0 unspecified atom stereocenters. The number of hydrogen-bond donors (Lipinski definition) is 1. The summed E-state index contributed by atoms with van der Waals surface area (Å²) in [6.45, 7) is 6.05. The van der Waals surface area contributed by atoms with Gasteiger partial charge in [0.15, 0.2) is 0 Å². The van der Waals surface area contributed by atoms with Crippen LogP contribution in [0.1, 0.15) is 32.3 Å². The second-order valence-electron chi connectivity index (χ2n) is 7.69. The summed E-state index contributed by atoms with van der Waals surface area (Å²) in [5, 5.41) is 2.78. The van der Waals surface area contributed by atoms with Gasteiger partial charge in [-0.2, -0.15) is 0 Å². The van der Waals surface area contributed by atoms with Crippen molar-refractivity contribution in [2.75, 3.05) is 29.4 Å². The Bertz CT molecular complexity index is 828. The Balaban J connectivity index is 1.59. The molecule has 29 heavy (non-hydrogen) atoms. The second-order valence-corrected chi connectivity index (χ2v) is 7.69. The molecule has 154 valence electrons. The third-order valence-corrected chi connectivity index (χ3v) is 5.39. The Morgan fingerprint density at radius 1 is 1.07 bits per heavy atom. The summed E-state index contributed by atoms with van der Waals surface area (Å²) in [5.41, 5.74) is 2.64. The van der Waals surface area contributed by atoms with Crippen molar-refractivity contribution in [2.45, 2.75) is 33.2 Å². The highest BCUT2D eigenvalue weighted by Crippen LogP contribution is 2.25. The van der Waals surface area contributed by atoms with Gasteiger partial charge in [-0.15, -0.1) is 0 Å². The summed E-state index contributed by atoms with van der Waals surface area (Å²) >= 11 is 0. The SMILES string of the molecule is CC(=O)N(CC(=O)NCc1ccc(F)cc1)c1ccc(N2CCC(C)CC2)cc1. The van der Waals surface area contributed by atoms with E-state index in [0.29, 0.717) is 5.69 Å². The zero-order chi connectivity index (χ0) is 20.8. The lowest BCUT2D eigenvalue weighted by atomic mass is 9.99. The molecule has 0 atom stereocenters. The standard InChI is InChI=1S/C23H28FN3O2/c1-17-11-13-26(14-12-17)21-7-9-22(10-8-21)27(18(2)28)16-23(29)25-15-19-3-5-20(24)6-4-19/h3-10,17H,11-16H2,1-2H3,(H,25,29). The van der Waals surface area contributed by atoms with E-state index in [1.165, 1.54) is 36.8 Å². The van der Waals surface area contributed by atoms with Gasteiger partial charge < -0.3 is 15.1 Å². The van der Waals surface area contributed by atoms with E-state index >= 15 is 0 Å². The van der Waals surface area contributed by atoms with Crippen LogP contribution in [0.2, 0.25) is 0 Å². The molecule has 3 rings (SSSR count). The average Bonchev–Trinajstić information content (AvgIpc) is 2.72.